The van der Waals surface area contributed by atoms with Crippen molar-refractivity contribution in [2.24, 2.45) is 0 Å². The molecule has 1 aliphatic heterocycles. The van der Waals surface area contributed by atoms with Crippen molar-refractivity contribution in [1.29, 1.82) is 0 Å². The van der Waals surface area contributed by atoms with Gasteiger partial charge in [0.15, 0.2) is 5.76 Å². The molecule has 114 valence electrons. The van der Waals surface area contributed by atoms with Crippen LogP contribution < -0.4 is 9.47 Å². The Bertz CT molecular complexity index is 817. The van der Waals surface area contributed by atoms with Crippen molar-refractivity contribution < 1.29 is 19.1 Å². The first-order valence-corrected chi connectivity index (χ1v) is 7.12. The van der Waals surface area contributed by atoms with Crippen LogP contribution in [0.5, 0.6) is 11.5 Å². The fourth-order valence-electron chi connectivity index (χ4n) is 2.22. The zero-order valence-corrected chi connectivity index (χ0v) is 12.5. The molecule has 1 aliphatic rings. The molecule has 0 amide bonds. The molecule has 0 N–H and O–H groups in total. The van der Waals surface area contributed by atoms with E-state index in [1.165, 1.54) is 13.0 Å². The molecule has 1 heterocycles. The topological polar surface area (TPSA) is 52.6 Å². The van der Waals surface area contributed by atoms with Crippen molar-refractivity contribution in [3.8, 4) is 11.5 Å². The Labute approximate surface area is 133 Å². The molecular formula is C19H14O4. The van der Waals surface area contributed by atoms with Crippen LogP contribution in [0.1, 0.15) is 22.8 Å². The van der Waals surface area contributed by atoms with Crippen molar-refractivity contribution in [3.05, 3.63) is 77.6 Å². The number of ether oxygens (including phenoxy) is 2. The summed E-state index contributed by atoms with van der Waals surface area (Å²) in [6, 6.07) is 14.5. The van der Waals surface area contributed by atoms with Gasteiger partial charge in [-0.3, -0.25) is 9.59 Å². The van der Waals surface area contributed by atoms with Gasteiger partial charge >= 0.3 is 5.97 Å². The lowest BCUT2D eigenvalue weighted by atomic mass is 10.1. The van der Waals surface area contributed by atoms with Gasteiger partial charge in [0.2, 0.25) is 5.78 Å². The van der Waals surface area contributed by atoms with Gasteiger partial charge in [0, 0.05) is 13.0 Å². The zero-order chi connectivity index (χ0) is 16.2. The molecule has 2 aromatic carbocycles. The van der Waals surface area contributed by atoms with Gasteiger partial charge in [0.1, 0.15) is 11.5 Å². The van der Waals surface area contributed by atoms with Crippen molar-refractivity contribution in [1.82, 2.24) is 0 Å². The van der Waals surface area contributed by atoms with Gasteiger partial charge in [-0.25, -0.2) is 0 Å². The summed E-state index contributed by atoms with van der Waals surface area (Å²) in [6.07, 6.45) is 5.28. The third kappa shape index (κ3) is 3.37. The molecule has 2 aromatic rings. The molecule has 0 aromatic heterocycles. The first-order valence-electron chi connectivity index (χ1n) is 7.12. The lowest BCUT2D eigenvalue weighted by molar-refractivity contribution is -0.131. The second kappa shape index (κ2) is 6.32. The summed E-state index contributed by atoms with van der Waals surface area (Å²) >= 11 is 0. The molecule has 4 nitrogen and oxygen atoms in total. The number of carbonyl (C=O) groups excluding carboxylic acids is 2. The second-order valence-electron chi connectivity index (χ2n) is 4.98. The van der Waals surface area contributed by atoms with Crippen molar-refractivity contribution in [3.63, 3.8) is 0 Å². The largest absolute Gasteiger partial charge is 0.452 e. The first kappa shape index (κ1) is 14.8. The number of hydrogen-bond donors (Lipinski definition) is 0. The summed E-state index contributed by atoms with van der Waals surface area (Å²) in [5, 5.41) is 0. The Balaban J connectivity index is 1.78. The van der Waals surface area contributed by atoms with Gasteiger partial charge in [0.05, 0.1) is 5.56 Å². The number of hydrogen-bond acceptors (Lipinski definition) is 4. The average molecular weight is 306 g/mol. The quantitative estimate of drug-likeness (QED) is 0.492. The van der Waals surface area contributed by atoms with Gasteiger partial charge in [-0.05, 0) is 23.8 Å². The molecule has 0 fully saturated rings. The van der Waals surface area contributed by atoms with Gasteiger partial charge in [-0.15, -0.1) is 0 Å². The van der Waals surface area contributed by atoms with Crippen LogP contribution in [0.3, 0.4) is 0 Å². The van der Waals surface area contributed by atoms with Crippen molar-refractivity contribution in [2.75, 3.05) is 0 Å². The minimum absolute atomic E-state index is 0.188. The van der Waals surface area contributed by atoms with E-state index in [9.17, 15) is 9.59 Å². The average Bonchev–Trinajstić information content (AvgIpc) is 2.84. The normalized spacial score (nSPS) is 14.8. The van der Waals surface area contributed by atoms with E-state index < -0.39 is 5.97 Å². The van der Waals surface area contributed by atoms with Crippen LogP contribution in [0, 0.1) is 0 Å². The van der Waals surface area contributed by atoms with Crippen LogP contribution >= 0.6 is 0 Å². The smallest absolute Gasteiger partial charge is 0.308 e. The Morgan fingerprint density at radius 2 is 1.91 bits per heavy atom. The molecule has 0 aliphatic carbocycles. The van der Waals surface area contributed by atoms with E-state index in [4.69, 9.17) is 9.47 Å². The Hall–Kier alpha value is -3.14. The highest BCUT2D eigenvalue weighted by Gasteiger charge is 2.27. The highest BCUT2D eigenvalue weighted by molar-refractivity contribution is 6.12. The molecule has 0 bridgehead atoms. The van der Waals surface area contributed by atoms with Crippen molar-refractivity contribution in [2.45, 2.75) is 6.92 Å². The van der Waals surface area contributed by atoms with Gasteiger partial charge in [-0.2, -0.15) is 0 Å². The molecular weight excluding hydrogens is 292 g/mol. The third-order valence-electron chi connectivity index (χ3n) is 3.24. The number of fused-ring (bicyclic) bond motifs is 1. The van der Waals surface area contributed by atoms with Crippen LogP contribution in [0.15, 0.2) is 66.4 Å². The van der Waals surface area contributed by atoms with E-state index in [-0.39, 0.29) is 11.5 Å². The number of benzene rings is 2. The number of Topliss-reactive ketones (excluding diaryl/α,β-unsaturated/α-hetero) is 1. The van der Waals surface area contributed by atoms with Crippen LogP contribution in [0.4, 0.5) is 0 Å². The summed E-state index contributed by atoms with van der Waals surface area (Å²) in [5.41, 5.74) is 1.49. The number of esters is 1. The molecule has 0 radical (unpaired) electrons. The standard InChI is InChI=1S/C19H14O4/c1-13(20)22-15-10-11-16-18(12-15)23-17(19(16)21)9-5-8-14-6-3-2-4-7-14/h2-12H,1H3. The summed E-state index contributed by atoms with van der Waals surface area (Å²) in [6.45, 7) is 1.32. The van der Waals surface area contributed by atoms with E-state index in [1.807, 2.05) is 36.4 Å². The molecule has 0 saturated carbocycles. The van der Waals surface area contributed by atoms with E-state index >= 15 is 0 Å². The van der Waals surface area contributed by atoms with Gasteiger partial charge in [0.25, 0.3) is 0 Å². The summed E-state index contributed by atoms with van der Waals surface area (Å²) in [4.78, 5) is 23.2. The van der Waals surface area contributed by atoms with E-state index in [0.717, 1.165) is 5.56 Å². The molecule has 0 atom stereocenters. The van der Waals surface area contributed by atoms with Crippen LogP contribution in [0.25, 0.3) is 6.08 Å². The van der Waals surface area contributed by atoms with E-state index in [0.29, 0.717) is 17.1 Å². The molecule has 4 heteroatoms. The fourth-order valence-corrected chi connectivity index (χ4v) is 2.22. The lowest BCUT2D eigenvalue weighted by Gasteiger charge is -2.02. The number of carbonyl (C=O) groups is 2. The van der Waals surface area contributed by atoms with Crippen molar-refractivity contribution >= 4 is 17.8 Å². The van der Waals surface area contributed by atoms with Crippen LogP contribution in [-0.4, -0.2) is 11.8 Å². The minimum Gasteiger partial charge on any atom is -0.452 e. The number of allylic oxidation sites excluding steroid dienone is 3. The zero-order valence-electron chi connectivity index (χ0n) is 12.5. The molecule has 0 spiro atoms. The van der Waals surface area contributed by atoms with Crippen LogP contribution in [-0.2, 0) is 4.79 Å². The fraction of sp³-hybridized carbons (Fsp3) is 0.0526. The highest BCUT2D eigenvalue weighted by atomic mass is 16.5. The molecule has 0 saturated heterocycles. The Kier molecular flexibility index (Phi) is 4.06. The van der Waals surface area contributed by atoms with E-state index in [2.05, 4.69) is 0 Å². The highest BCUT2D eigenvalue weighted by Crippen LogP contribution is 2.34. The summed E-state index contributed by atoms with van der Waals surface area (Å²) in [5.74, 6) is 0.383. The maximum atomic E-state index is 12.2. The summed E-state index contributed by atoms with van der Waals surface area (Å²) < 4.78 is 10.5. The minimum atomic E-state index is -0.421. The maximum Gasteiger partial charge on any atom is 0.308 e. The Morgan fingerprint density at radius 1 is 1.13 bits per heavy atom. The Morgan fingerprint density at radius 3 is 2.65 bits per heavy atom. The summed E-state index contributed by atoms with van der Waals surface area (Å²) in [7, 11) is 0. The van der Waals surface area contributed by atoms with Gasteiger partial charge in [-0.1, -0.05) is 42.5 Å². The second-order valence-corrected chi connectivity index (χ2v) is 4.98. The maximum absolute atomic E-state index is 12.2. The lowest BCUT2D eigenvalue weighted by Crippen LogP contribution is -2.01. The van der Waals surface area contributed by atoms with E-state index in [1.54, 1.807) is 24.3 Å². The first-order chi connectivity index (χ1) is 11.1. The predicted molar refractivity (Wildman–Crippen MR) is 86.3 cm³/mol. The number of ketones is 1. The number of rotatable bonds is 3. The predicted octanol–water partition coefficient (Wildman–Crippen LogP) is 3.78. The van der Waals surface area contributed by atoms with Gasteiger partial charge < -0.3 is 9.47 Å². The molecule has 23 heavy (non-hydrogen) atoms. The van der Waals surface area contributed by atoms with Crippen LogP contribution in [0.2, 0.25) is 0 Å². The molecule has 0 unspecified atom stereocenters. The monoisotopic (exact) mass is 306 g/mol. The third-order valence-corrected chi connectivity index (χ3v) is 3.24. The SMILES string of the molecule is CC(=O)Oc1ccc2c(c1)OC(=CC=Cc1ccccc1)C2=O. The molecule has 3 rings (SSSR count).